The zero-order valence-electron chi connectivity index (χ0n) is 12.7. The zero-order chi connectivity index (χ0) is 15.5. The number of carbonyl (C=O) groups excluding carboxylic acids is 1. The highest BCUT2D eigenvalue weighted by molar-refractivity contribution is 5.93. The quantitative estimate of drug-likeness (QED) is 0.941. The fourth-order valence-corrected chi connectivity index (χ4v) is 3.05. The van der Waals surface area contributed by atoms with E-state index in [9.17, 15) is 9.18 Å². The molecular weight excluding hydrogens is 281 g/mol. The third kappa shape index (κ3) is 2.89. The number of benzene rings is 1. The van der Waals surface area contributed by atoms with Gasteiger partial charge in [0.2, 0.25) is 0 Å². The Balaban J connectivity index is 1.80. The molecule has 1 aromatic heterocycles. The minimum absolute atomic E-state index is 0.00686. The van der Waals surface area contributed by atoms with Gasteiger partial charge in [0.15, 0.2) is 0 Å². The Morgan fingerprint density at radius 3 is 2.86 bits per heavy atom. The van der Waals surface area contributed by atoms with Crippen LogP contribution in [0.25, 0.3) is 11.3 Å². The van der Waals surface area contributed by atoms with E-state index >= 15 is 0 Å². The number of aromatic amines is 1. The van der Waals surface area contributed by atoms with Gasteiger partial charge in [0.25, 0.3) is 5.91 Å². The molecule has 0 radical (unpaired) electrons. The van der Waals surface area contributed by atoms with E-state index in [0.717, 1.165) is 31.4 Å². The summed E-state index contributed by atoms with van der Waals surface area (Å²) in [5.41, 5.74) is 1.95. The maximum atomic E-state index is 13.0. The van der Waals surface area contributed by atoms with Crippen LogP contribution in [0.5, 0.6) is 0 Å². The Kier molecular flexibility index (Phi) is 4.22. The molecule has 1 unspecified atom stereocenters. The van der Waals surface area contributed by atoms with Crippen molar-refractivity contribution in [1.82, 2.24) is 15.1 Å². The summed E-state index contributed by atoms with van der Waals surface area (Å²) in [4.78, 5) is 14.6. The zero-order valence-corrected chi connectivity index (χ0v) is 12.7. The summed E-state index contributed by atoms with van der Waals surface area (Å²) in [6.07, 6.45) is 4.29. The van der Waals surface area contributed by atoms with Crippen molar-refractivity contribution < 1.29 is 9.18 Å². The van der Waals surface area contributed by atoms with E-state index in [1.165, 1.54) is 18.6 Å². The molecule has 1 N–H and O–H groups in total. The molecule has 1 amide bonds. The molecule has 1 atom stereocenters. The van der Waals surface area contributed by atoms with Gasteiger partial charge in [0.05, 0.1) is 5.69 Å². The molecule has 4 nitrogen and oxygen atoms in total. The maximum absolute atomic E-state index is 13.0. The molecule has 0 bridgehead atoms. The standard InChI is InChI=1S/C17H20FN3O/c1-2-14-5-3-4-10-21(14)17(22)16-11-15(19-20-16)12-6-8-13(18)9-7-12/h6-9,11,14H,2-5,10H2,1H3,(H,19,20). The highest BCUT2D eigenvalue weighted by atomic mass is 19.1. The normalized spacial score (nSPS) is 18.5. The minimum atomic E-state index is -0.283. The predicted molar refractivity (Wildman–Crippen MR) is 82.9 cm³/mol. The van der Waals surface area contributed by atoms with Crippen LogP contribution in [0.1, 0.15) is 43.1 Å². The van der Waals surface area contributed by atoms with Crippen LogP contribution < -0.4 is 0 Å². The maximum Gasteiger partial charge on any atom is 0.272 e. The summed E-state index contributed by atoms with van der Waals surface area (Å²) in [6.45, 7) is 2.93. The van der Waals surface area contributed by atoms with Crippen LogP contribution in [0.4, 0.5) is 4.39 Å². The largest absolute Gasteiger partial charge is 0.334 e. The lowest BCUT2D eigenvalue weighted by molar-refractivity contribution is 0.0602. The highest BCUT2D eigenvalue weighted by Crippen LogP contribution is 2.23. The van der Waals surface area contributed by atoms with Gasteiger partial charge in [-0.25, -0.2) is 4.39 Å². The monoisotopic (exact) mass is 301 g/mol. The summed E-state index contributed by atoms with van der Waals surface area (Å²) >= 11 is 0. The lowest BCUT2D eigenvalue weighted by Gasteiger charge is -2.34. The number of amides is 1. The molecule has 0 aliphatic carbocycles. The van der Waals surface area contributed by atoms with Crippen LogP contribution in [0.3, 0.4) is 0 Å². The Morgan fingerprint density at radius 1 is 1.36 bits per heavy atom. The Labute approximate surface area is 129 Å². The van der Waals surface area contributed by atoms with Crippen molar-refractivity contribution in [3.05, 3.63) is 41.8 Å². The SMILES string of the molecule is CCC1CCCCN1C(=O)c1cc(-c2ccc(F)cc2)n[nH]1. The molecule has 3 rings (SSSR count). The van der Waals surface area contributed by atoms with Crippen molar-refractivity contribution in [1.29, 1.82) is 0 Å². The minimum Gasteiger partial charge on any atom is -0.334 e. The lowest BCUT2D eigenvalue weighted by atomic mass is 9.99. The molecule has 1 saturated heterocycles. The van der Waals surface area contributed by atoms with E-state index in [2.05, 4.69) is 17.1 Å². The molecule has 116 valence electrons. The molecule has 1 aliphatic rings. The van der Waals surface area contributed by atoms with Gasteiger partial charge in [0.1, 0.15) is 11.5 Å². The smallest absolute Gasteiger partial charge is 0.272 e. The third-order valence-corrected chi connectivity index (χ3v) is 4.31. The van der Waals surface area contributed by atoms with Crippen molar-refractivity contribution in [2.45, 2.75) is 38.6 Å². The van der Waals surface area contributed by atoms with E-state index < -0.39 is 0 Å². The van der Waals surface area contributed by atoms with Gasteiger partial charge in [-0.3, -0.25) is 9.89 Å². The average Bonchev–Trinajstić information content (AvgIpc) is 3.05. The topological polar surface area (TPSA) is 49.0 Å². The lowest BCUT2D eigenvalue weighted by Crippen LogP contribution is -2.43. The average molecular weight is 301 g/mol. The molecular formula is C17H20FN3O. The predicted octanol–water partition coefficient (Wildman–Crippen LogP) is 3.62. The number of H-pyrrole nitrogens is 1. The van der Waals surface area contributed by atoms with Crippen molar-refractivity contribution in [3.63, 3.8) is 0 Å². The van der Waals surface area contributed by atoms with Gasteiger partial charge in [-0.1, -0.05) is 6.92 Å². The van der Waals surface area contributed by atoms with Gasteiger partial charge in [-0.15, -0.1) is 0 Å². The van der Waals surface area contributed by atoms with Crippen LogP contribution in [0.2, 0.25) is 0 Å². The Bertz CT molecular complexity index is 650. The Morgan fingerprint density at radius 2 is 2.14 bits per heavy atom. The van der Waals surface area contributed by atoms with E-state index in [0.29, 0.717) is 17.4 Å². The summed E-state index contributed by atoms with van der Waals surface area (Å²) < 4.78 is 13.0. The molecule has 2 aromatic rings. The van der Waals surface area contributed by atoms with Crippen LogP contribution in [0.15, 0.2) is 30.3 Å². The van der Waals surface area contributed by atoms with Crippen LogP contribution >= 0.6 is 0 Å². The number of piperidine rings is 1. The first-order valence-electron chi connectivity index (χ1n) is 7.81. The molecule has 1 aliphatic heterocycles. The van der Waals surface area contributed by atoms with Crippen molar-refractivity contribution >= 4 is 5.91 Å². The molecule has 2 heterocycles. The van der Waals surface area contributed by atoms with Crippen LogP contribution in [-0.4, -0.2) is 33.6 Å². The van der Waals surface area contributed by atoms with Gasteiger partial charge in [0, 0.05) is 18.2 Å². The van der Waals surface area contributed by atoms with Crippen LogP contribution in [0, 0.1) is 5.82 Å². The second-order valence-corrected chi connectivity index (χ2v) is 5.73. The number of carbonyl (C=O) groups is 1. The molecule has 0 spiro atoms. The first-order chi connectivity index (χ1) is 10.7. The second kappa shape index (κ2) is 6.30. The van der Waals surface area contributed by atoms with E-state index in [1.807, 2.05) is 4.90 Å². The molecule has 1 fully saturated rings. The number of hydrogen-bond donors (Lipinski definition) is 1. The fourth-order valence-electron chi connectivity index (χ4n) is 3.05. The second-order valence-electron chi connectivity index (χ2n) is 5.73. The first-order valence-corrected chi connectivity index (χ1v) is 7.81. The van der Waals surface area contributed by atoms with Gasteiger partial charge in [-0.2, -0.15) is 5.10 Å². The summed E-state index contributed by atoms with van der Waals surface area (Å²) in [5, 5.41) is 7.01. The van der Waals surface area contributed by atoms with Crippen molar-refractivity contribution in [2.75, 3.05) is 6.54 Å². The van der Waals surface area contributed by atoms with E-state index in [-0.39, 0.29) is 11.7 Å². The summed E-state index contributed by atoms with van der Waals surface area (Å²) in [6, 6.07) is 8.17. The van der Waals surface area contributed by atoms with Gasteiger partial charge in [-0.05, 0) is 56.0 Å². The van der Waals surface area contributed by atoms with E-state index in [1.54, 1.807) is 18.2 Å². The number of hydrogen-bond acceptors (Lipinski definition) is 2. The number of halogens is 1. The van der Waals surface area contributed by atoms with Gasteiger partial charge < -0.3 is 4.90 Å². The third-order valence-electron chi connectivity index (χ3n) is 4.31. The summed E-state index contributed by atoms with van der Waals surface area (Å²) in [5.74, 6) is -0.276. The van der Waals surface area contributed by atoms with Crippen molar-refractivity contribution in [3.8, 4) is 11.3 Å². The molecule has 22 heavy (non-hydrogen) atoms. The highest BCUT2D eigenvalue weighted by Gasteiger charge is 2.27. The van der Waals surface area contributed by atoms with Crippen molar-refractivity contribution in [2.24, 2.45) is 0 Å². The first kappa shape index (κ1) is 14.8. The van der Waals surface area contributed by atoms with Gasteiger partial charge >= 0.3 is 0 Å². The summed E-state index contributed by atoms with van der Waals surface area (Å²) in [7, 11) is 0. The number of nitrogens with one attached hydrogen (secondary N) is 1. The molecule has 5 heteroatoms. The number of likely N-dealkylation sites (tertiary alicyclic amines) is 1. The number of aromatic nitrogens is 2. The number of rotatable bonds is 3. The Hall–Kier alpha value is -2.17. The molecule has 1 aromatic carbocycles. The fraction of sp³-hybridized carbons (Fsp3) is 0.412. The molecule has 0 saturated carbocycles. The van der Waals surface area contributed by atoms with E-state index in [4.69, 9.17) is 0 Å². The number of nitrogens with zero attached hydrogens (tertiary/aromatic N) is 2. The van der Waals surface area contributed by atoms with Crippen LogP contribution in [-0.2, 0) is 0 Å².